The van der Waals surface area contributed by atoms with Crippen LogP contribution in [0.1, 0.15) is 51.4 Å². The van der Waals surface area contributed by atoms with Crippen LogP contribution in [0.25, 0.3) is 0 Å². The van der Waals surface area contributed by atoms with E-state index in [-0.39, 0.29) is 0 Å². The van der Waals surface area contributed by atoms with E-state index in [0.29, 0.717) is 6.54 Å². The first-order chi connectivity index (χ1) is 9.23. The third-order valence-electron chi connectivity index (χ3n) is 4.78. The van der Waals surface area contributed by atoms with Gasteiger partial charge in [-0.25, -0.2) is 0 Å². The molecule has 0 amide bonds. The maximum Gasteiger partial charge on any atom is 0.310 e. The summed E-state index contributed by atoms with van der Waals surface area (Å²) in [6.45, 7) is 3.44. The molecule has 1 atom stereocenters. The Balaban J connectivity index is 1.68. The molecular formula is C15H27NO3. The molecule has 2 heterocycles. The zero-order valence-electron chi connectivity index (χ0n) is 11.8. The summed E-state index contributed by atoms with van der Waals surface area (Å²) < 4.78 is 5.36. The first-order valence-electron chi connectivity index (χ1n) is 7.75. The van der Waals surface area contributed by atoms with E-state index in [1.54, 1.807) is 0 Å². The van der Waals surface area contributed by atoms with Crippen molar-refractivity contribution < 1.29 is 14.6 Å². The number of carboxylic acids is 1. The van der Waals surface area contributed by atoms with Crippen molar-refractivity contribution in [2.75, 3.05) is 26.3 Å². The van der Waals surface area contributed by atoms with Crippen LogP contribution in [0.3, 0.4) is 0 Å². The number of nitrogens with one attached hydrogen (secondary N) is 1. The number of unbranched alkanes of at least 4 members (excludes halogenated alkanes) is 1. The molecule has 0 bridgehead atoms. The quantitative estimate of drug-likeness (QED) is 0.727. The van der Waals surface area contributed by atoms with E-state index in [9.17, 15) is 9.90 Å². The Hall–Kier alpha value is -0.610. The third-order valence-corrected chi connectivity index (χ3v) is 4.78. The van der Waals surface area contributed by atoms with Crippen LogP contribution >= 0.6 is 0 Å². The molecule has 4 heteroatoms. The van der Waals surface area contributed by atoms with Gasteiger partial charge in [0, 0.05) is 19.8 Å². The van der Waals surface area contributed by atoms with Crippen molar-refractivity contribution in [1.29, 1.82) is 0 Å². The third kappa shape index (κ3) is 4.18. The summed E-state index contributed by atoms with van der Waals surface area (Å²) in [5, 5.41) is 12.7. The number of piperidine rings is 1. The molecule has 0 aromatic rings. The van der Waals surface area contributed by atoms with Crippen molar-refractivity contribution in [3.63, 3.8) is 0 Å². The maximum absolute atomic E-state index is 11.5. The molecule has 2 rings (SSSR count). The molecule has 110 valence electrons. The number of rotatable bonds is 6. The topological polar surface area (TPSA) is 58.6 Å². The van der Waals surface area contributed by atoms with Crippen LogP contribution in [0.4, 0.5) is 0 Å². The van der Waals surface area contributed by atoms with Crippen molar-refractivity contribution in [2.24, 2.45) is 11.3 Å². The van der Waals surface area contributed by atoms with Crippen molar-refractivity contribution in [3.8, 4) is 0 Å². The van der Waals surface area contributed by atoms with Crippen LogP contribution in [0.2, 0.25) is 0 Å². The van der Waals surface area contributed by atoms with Crippen LogP contribution in [0, 0.1) is 11.3 Å². The Labute approximate surface area is 115 Å². The normalized spacial score (nSPS) is 29.3. The van der Waals surface area contributed by atoms with E-state index >= 15 is 0 Å². The largest absolute Gasteiger partial charge is 0.481 e. The summed E-state index contributed by atoms with van der Waals surface area (Å²) in [6.07, 6.45) is 8.49. The Morgan fingerprint density at radius 1 is 1.32 bits per heavy atom. The maximum atomic E-state index is 11.5. The lowest BCUT2D eigenvalue weighted by atomic mass is 9.76. The number of ether oxygens (including phenoxy) is 1. The summed E-state index contributed by atoms with van der Waals surface area (Å²) in [4.78, 5) is 11.5. The lowest BCUT2D eigenvalue weighted by Crippen LogP contribution is -2.45. The van der Waals surface area contributed by atoms with Crippen LogP contribution < -0.4 is 5.32 Å². The van der Waals surface area contributed by atoms with Gasteiger partial charge in [0.15, 0.2) is 0 Å². The van der Waals surface area contributed by atoms with E-state index < -0.39 is 11.4 Å². The van der Waals surface area contributed by atoms with E-state index in [0.717, 1.165) is 51.4 Å². The smallest absolute Gasteiger partial charge is 0.310 e. The fourth-order valence-electron chi connectivity index (χ4n) is 3.40. The molecule has 2 fully saturated rings. The van der Waals surface area contributed by atoms with E-state index in [4.69, 9.17) is 4.74 Å². The van der Waals surface area contributed by atoms with E-state index in [1.807, 2.05) is 0 Å². The minimum Gasteiger partial charge on any atom is -0.481 e. The SMILES string of the molecule is O=C(O)C1(CCCCC2CCOCC2)CCCNC1. The van der Waals surface area contributed by atoms with Crippen LogP contribution in [-0.2, 0) is 9.53 Å². The number of hydrogen-bond donors (Lipinski definition) is 2. The first kappa shape index (κ1) is 14.8. The van der Waals surface area contributed by atoms with Gasteiger partial charge in [-0.1, -0.05) is 19.3 Å². The molecule has 0 aliphatic carbocycles. The van der Waals surface area contributed by atoms with Gasteiger partial charge in [0.2, 0.25) is 0 Å². The Kier molecular flexibility index (Phi) is 5.64. The fourth-order valence-corrected chi connectivity index (χ4v) is 3.40. The minimum atomic E-state index is -0.606. The summed E-state index contributed by atoms with van der Waals surface area (Å²) in [5.41, 5.74) is -0.492. The Morgan fingerprint density at radius 2 is 2.11 bits per heavy atom. The zero-order valence-corrected chi connectivity index (χ0v) is 11.8. The van der Waals surface area contributed by atoms with Crippen molar-refractivity contribution >= 4 is 5.97 Å². The van der Waals surface area contributed by atoms with Gasteiger partial charge in [0.05, 0.1) is 5.41 Å². The van der Waals surface area contributed by atoms with Gasteiger partial charge in [-0.2, -0.15) is 0 Å². The number of hydrogen-bond acceptors (Lipinski definition) is 3. The average molecular weight is 269 g/mol. The van der Waals surface area contributed by atoms with Crippen molar-refractivity contribution in [1.82, 2.24) is 5.32 Å². The zero-order chi connectivity index (χ0) is 13.6. The molecule has 0 aromatic heterocycles. The molecule has 0 aromatic carbocycles. The highest BCUT2D eigenvalue weighted by molar-refractivity contribution is 5.75. The van der Waals surface area contributed by atoms with Gasteiger partial charge < -0.3 is 15.2 Å². The molecule has 2 aliphatic rings. The minimum absolute atomic E-state index is 0.492. The predicted molar refractivity (Wildman–Crippen MR) is 74.2 cm³/mol. The summed E-state index contributed by atoms with van der Waals surface area (Å²) in [5.74, 6) is 0.199. The van der Waals surface area contributed by atoms with Gasteiger partial charge in [-0.05, 0) is 44.6 Å². The molecular weight excluding hydrogens is 242 g/mol. The summed E-state index contributed by atoms with van der Waals surface area (Å²) in [7, 11) is 0. The highest BCUT2D eigenvalue weighted by Gasteiger charge is 2.38. The predicted octanol–water partition coefficient (Wildman–Crippen LogP) is 2.43. The van der Waals surface area contributed by atoms with Crippen LogP contribution in [0.15, 0.2) is 0 Å². The molecule has 4 nitrogen and oxygen atoms in total. The molecule has 0 saturated carbocycles. The standard InChI is InChI=1S/C15H27NO3/c17-14(18)15(8-3-9-16-12-15)7-2-1-4-13-5-10-19-11-6-13/h13,16H,1-12H2,(H,17,18). The van der Waals surface area contributed by atoms with Crippen LogP contribution in [-0.4, -0.2) is 37.4 Å². The van der Waals surface area contributed by atoms with Gasteiger partial charge in [-0.15, -0.1) is 0 Å². The Morgan fingerprint density at radius 3 is 2.74 bits per heavy atom. The average Bonchev–Trinajstić information content (AvgIpc) is 2.46. The summed E-state index contributed by atoms with van der Waals surface area (Å²) >= 11 is 0. The lowest BCUT2D eigenvalue weighted by molar-refractivity contribution is -0.150. The molecule has 2 aliphatic heterocycles. The van der Waals surface area contributed by atoms with E-state index in [2.05, 4.69) is 5.32 Å². The van der Waals surface area contributed by atoms with Gasteiger partial charge in [0.1, 0.15) is 0 Å². The molecule has 0 radical (unpaired) electrons. The highest BCUT2D eigenvalue weighted by Crippen LogP contribution is 2.33. The van der Waals surface area contributed by atoms with Crippen LogP contribution in [0.5, 0.6) is 0 Å². The molecule has 2 N–H and O–H groups in total. The molecule has 1 unspecified atom stereocenters. The van der Waals surface area contributed by atoms with E-state index in [1.165, 1.54) is 25.7 Å². The molecule has 2 saturated heterocycles. The Bertz CT molecular complexity index is 281. The number of aliphatic carboxylic acids is 1. The van der Waals surface area contributed by atoms with Crippen molar-refractivity contribution in [2.45, 2.75) is 51.4 Å². The monoisotopic (exact) mass is 269 g/mol. The number of carboxylic acid groups (broad SMARTS) is 1. The second kappa shape index (κ2) is 7.25. The second-order valence-corrected chi connectivity index (χ2v) is 6.17. The van der Waals surface area contributed by atoms with Gasteiger partial charge in [-0.3, -0.25) is 4.79 Å². The molecule has 19 heavy (non-hydrogen) atoms. The summed E-state index contributed by atoms with van der Waals surface area (Å²) in [6, 6.07) is 0. The second-order valence-electron chi connectivity index (χ2n) is 6.17. The van der Waals surface area contributed by atoms with Gasteiger partial charge >= 0.3 is 5.97 Å². The highest BCUT2D eigenvalue weighted by atomic mass is 16.5. The number of carbonyl (C=O) groups is 1. The van der Waals surface area contributed by atoms with Crippen molar-refractivity contribution in [3.05, 3.63) is 0 Å². The lowest BCUT2D eigenvalue weighted by Gasteiger charge is -2.34. The molecule has 0 spiro atoms. The fraction of sp³-hybridized carbons (Fsp3) is 0.933. The van der Waals surface area contributed by atoms with Gasteiger partial charge in [0.25, 0.3) is 0 Å². The first-order valence-corrected chi connectivity index (χ1v) is 7.75.